The first-order valence-electron chi connectivity index (χ1n) is 25.3. The highest BCUT2D eigenvalue weighted by Crippen LogP contribution is 2.14. The van der Waals surface area contributed by atoms with Crippen molar-refractivity contribution in [1.82, 2.24) is 0 Å². The molecular formula is C54H94O6. The number of unbranched alkanes of at least 4 members (excludes halogenated alkanes) is 24. The number of hydrogen-bond acceptors (Lipinski definition) is 6. The fraction of sp³-hybridized carbons (Fsp3) is 0.759. The lowest BCUT2D eigenvalue weighted by Crippen LogP contribution is -2.30. The van der Waals surface area contributed by atoms with Crippen LogP contribution in [0.5, 0.6) is 0 Å². The molecule has 0 aromatic rings. The number of carbonyl (C=O) groups excluding carboxylic acids is 3. The van der Waals surface area contributed by atoms with Crippen molar-refractivity contribution in [1.29, 1.82) is 0 Å². The van der Waals surface area contributed by atoms with Crippen LogP contribution in [-0.2, 0) is 28.6 Å². The molecule has 0 aliphatic carbocycles. The topological polar surface area (TPSA) is 78.9 Å². The second-order valence-electron chi connectivity index (χ2n) is 16.7. The van der Waals surface area contributed by atoms with Gasteiger partial charge in [-0.3, -0.25) is 14.4 Å². The minimum atomic E-state index is -0.783. The van der Waals surface area contributed by atoms with Crippen molar-refractivity contribution >= 4 is 17.9 Å². The van der Waals surface area contributed by atoms with Gasteiger partial charge in [-0.05, 0) is 83.5 Å². The molecule has 0 spiro atoms. The van der Waals surface area contributed by atoms with Crippen molar-refractivity contribution in [3.05, 3.63) is 60.8 Å². The van der Waals surface area contributed by atoms with Crippen LogP contribution in [0.25, 0.3) is 0 Å². The van der Waals surface area contributed by atoms with E-state index < -0.39 is 6.10 Å². The number of rotatable bonds is 45. The molecule has 0 radical (unpaired) electrons. The van der Waals surface area contributed by atoms with Crippen LogP contribution in [0.3, 0.4) is 0 Å². The predicted octanol–water partition coefficient (Wildman–Crippen LogP) is 16.5. The number of allylic oxidation sites excluding steroid dienone is 10. The molecule has 346 valence electrons. The quantitative estimate of drug-likeness (QED) is 0.0263. The van der Waals surface area contributed by atoms with Crippen LogP contribution in [0.2, 0.25) is 0 Å². The summed E-state index contributed by atoms with van der Waals surface area (Å²) >= 11 is 0. The SMILES string of the molecule is CCC/C=C\C/C=C\CCCCCCCC(=O)OC(COC(=O)CCCCCCCC/C=C\C/C=C\C/C=C\CCCCC)COC(=O)CCCCCCCCCCCC. The van der Waals surface area contributed by atoms with E-state index in [4.69, 9.17) is 14.2 Å². The average Bonchev–Trinajstić information content (AvgIpc) is 3.24. The minimum absolute atomic E-state index is 0.0831. The first-order valence-corrected chi connectivity index (χ1v) is 25.3. The average molecular weight is 839 g/mol. The van der Waals surface area contributed by atoms with Crippen LogP contribution >= 0.6 is 0 Å². The van der Waals surface area contributed by atoms with E-state index in [1.165, 1.54) is 96.3 Å². The first-order chi connectivity index (χ1) is 29.5. The third-order valence-electron chi connectivity index (χ3n) is 10.7. The Balaban J connectivity index is 4.36. The fourth-order valence-corrected chi connectivity index (χ4v) is 6.90. The highest BCUT2D eigenvalue weighted by atomic mass is 16.6. The monoisotopic (exact) mass is 839 g/mol. The normalized spacial score (nSPS) is 12.5. The molecule has 0 saturated carbocycles. The lowest BCUT2D eigenvalue weighted by atomic mass is 10.1. The molecule has 0 rings (SSSR count). The van der Waals surface area contributed by atoms with Crippen LogP contribution in [0.15, 0.2) is 60.8 Å². The van der Waals surface area contributed by atoms with Crippen molar-refractivity contribution in [3.8, 4) is 0 Å². The smallest absolute Gasteiger partial charge is 0.306 e. The second-order valence-corrected chi connectivity index (χ2v) is 16.7. The first kappa shape index (κ1) is 57.1. The number of carbonyl (C=O) groups is 3. The standard InChI is InChI=1S/C54H94O6/c1-4-7-10-13-16-19-22-24-25-26-27-28-29-31-32-35-38-41-44-47-53(56)59-50-51(49-58-52(55)46-43-40-37-34-21-18-15-12-9-6-3)60-54(57)48-45-42-39-36-33-30-23-20-17-14-11-8-5-2/h11,14,16,19-20,23-25,27-28,51H,4-10,12-13,15,17-18,21-22,26,29-50H2,1-3H3/b14-11-,19-16-,23-20-,25-24-,28-27-. The van der Waals surface area contributed by atoms with E-state index in [0.717, 1.165) is 109 Å². The molecule has 0 aliphatic heterocycles. The van der Waals surface area contributed by atoms with Crippen molar-refractivity contribution < 1.29 is 28.6 Å². The minimum Gasteiger partial charge on any atom is -0.462 e. The summed E-state index contributed by atoms with van der Waals surface area (Å²) in [5.41, 5.74) is 0. The summed E-state index contributed by atoms with van der Waals surface area (Å²) in [6.07, 6.45) is 59.1. The summed E-state index contributed by atoms with van der Waals surface area (Å²) in [6.45, 7) is 6.51. The Morgan fingerprint density at radius 1 is 0.333 bits per heavy atom. The zero-order valence-electron chi connectivity index (χ0n) is 39.5. The van der Waals surface area contributed by atoms with Gasteiger partial charge in [0.2, 0.25) is 0 Å². The van der Waals surface area contributed by atoms with Crippen molar-refractivity contribution in [3.63, 3.8) is 0 Å². The van der Waals surface area contributed by atoms with E-state index in [0.29, 0.717) is 19.3 Å². The zero-order chi connectivity index (χ0) is 43.7. The van der Waals surface area contributed by atoms with E-state index in [1.807, 2.05) is 0 Å². The molecule has 0 aromatic carbocycles. The van der Waals surface area contributed by atoms with E-state index in [9.17, 15) is 14.4 Å². The van der Waals surface area contributed by atoms with Gasteiger partial charge in [-0.15, -0.1) is 0 Å². The summed E-state index contributed by atoms with van der Waals surface area (Å²) in [4.78, 5) is 37.9. The number of esters is 3. The van der Waals surface area contributed by atoms with E-state index in [2.05, 4.69) is 81.5 Å². The highest BCUT2D eigenvalue weighted by molar-refractivity contribution is 5.71. The van der Waals surface area contributed by atoms with Gasteiger partial charge in [-0.2, -0.15) is 0 Å². The van der Waals surface area contributed by atoms with Crippen molar-refractivity contribution in [2.24, 2.45) is 0 Å². The molecule has 60 heavy (non-hydrogen) atoms. The third-order valence-corrected chi connectivity index (χ3v) is 10.7. The van der Waals surface area contributed by atoms with E-state index >= 15 is 0 Å². The van der Waals surface area contributed by atoms with Crippen LogP contribution in [0.4, 0.5) is 0 Å². The van der Waals surface area contributed by atoms with E-state index in [1.54, 1.807) is 0 Å². The summed E-state index contributed by atoms with van der Waals surface area (Å²) in [5.74, 6) is -0.910. The lowest BCUT2D eigenvalue weighted by Gasteiger charge is -2.18. The molecule has 0 bridgehead atoms. The van der Waals surface area contributed by atoms with Crippen molar-refractivity contribution in [2.45, 2.75) is 252 Å². The van der Waals surface area contributed by atoms with Gasteiger partial charge in [-0.25, -0.2) is 0 Å². The largest absolute Gasteiger partial charge is 0.462 e. The Morgan fingerprint density at radius 3 is 1.03 bits per heavy atom. The zero-order valence-corrected chi connectivity index (χ0v) is 39.5. The van der Waals surface area contributed by atoms with Gasteiger partial charge in [0, 0.05) is 19.3 Å². The van der Waals surface area contributed by atoms with Gasteiger partial charge >= 0.3 is 17.9 Å². The van der Waals surface area contributed by atoms with Gasteiger partial charge in [0.25, 0.3) is 0 Å². The Morgan fingerprint density at radius 2 is 0.633 bits per heavy atom. The molecule has 1 atom stereocenters. The molecule has 0 heterocycles. The second kappa shape index (κ2) is 48.8. The Bertz CT molecular complexity index is 1100. The van der Waals surface area contributed by atoms with Gasteiger partial charge in [0.1, 0.15) is 13.2 Å². The van der Waals surface area contributed by atoms with Crippen LogP contribution < -0.4 is 0 Å². The maximum Gasteiger partial charge on any atom is 0.306 e. The third kappa shape index (κ3) is 46.2. The number of ether oxygens (including phenoxy) is 3. The predicted molar refractivity (Wildman–Crippen MR) is 256 cm³/mol. The summed E-state index contributed by atoms with van der Waals surface area (Å²) in [7, 11) is 0. The van der Waals surface area contributed by atoms with Crippen molar-refractivity contribution in [2.75, 3.05) is 13.2 Å². The van der Waals surface area contributed by atoms with E-state index in [-0.39, 0.29) is 31.1 Å². The van der Waals surface area contributed by atoms with Crippen LogP contribution in [0, 0.1) is 0 Å². The Labute approximate surface area is 370 Å². The van der Waals surface area contributed by atoms with Crippen LogP contribution in [0.1, 0.15) is 245 Å². The molecule has 0 fully saturated rings. The highest BCUT2D eigenvalue weighted by Gasteiger charge is 2.19. The van der Waals surface area contributed by atoms with Gasteiger partial charge in [0.15, 0.2) is 6.10 Å². The molecular weight excluding hydrogens is 745 g/mol. The molecule has 0 aromatic heterocycles. The Hall–Kier alpha value is -2.89. The molecule has 0 saturated heterocycles. The summed E-state index contributed by atoms with van der Waals surface area (Å²) < 4.78 is 16.7. The number of hydrogen-bond donors (Lipinski definition) is 0. The maximum atomic E-state index is 12.7. The van der Waals surface area contributed by atoms with Gasteiger partial charge < -0.3 is 14.2 Å². The molecule has 6 nitrogen and oxygen atoms in total. The lowest BCUT2D eigenvalue weighted by molar-refractivity contribution is -0.167. The van der Waals surface area contributed by atoms with Gasteiger partial charge in [0.05, 0.1) is 0 Å². The van der Waals surface area contributed by atoms with Crippen LogP contribution in [-0.4, -0.2) is 37.2 Å². The molecule has 0 amide bonds. The summed E-state index contributed by atoms with van der Waals surface area (Å²) in [5, 5.41) is 0. The summed E-state index contributed by atoms with van der Waals surface area (Å²) in [6, 6.07) is 0. The molecule has 0 N–H and O–H groups in total. The fourth-order valence-electron chi connectivity index (χ4n) is 6.90. The maximum absolute atomic E-state index is 12.7. The molecule has 1 unspecified atom stereocenters. The molecule has 0 aliphatic rings. The molecule has 6 heteroatoms. The Kier molecular flexibility index (Phi) is 46.4. The van der Waals surface area contributed by atoms with Gasteiger partial charge in [-0.1, -0.05) is 204 Å².